The molecule has 0 rings (SSSR count). The molecular formula is C34H65O8P. The summed E-state index contributed by atoms with van der Waals surface area (Å²) >= 11 is 0. The van der Waals surface area contributed by atoms with Crippen molar-refractivity contribution in [3.05, 3.63) is 12.2 Å². The number of rotatable bonds is 32. The van der Waals surface area contributed by atoms with Crippen LogP contribution in [0.2, 0.25) is 0 Å². The Morgan fingerprint density at radius 2 is 0.977 bits per heavy atom. The Morgan fingerprint density at radius 1 is 0.581 bits per heavy atom. The molecule has 0 bridgehead atoms. The Morgan fingerprint density at radius 3 is 1.44 bits per heavy atom. The van der Waals surface area contributed by atoms with Gasteiger partial charge in [-0.3, -0.25) is 14.1 Å². The number of ether oxygens (including phenoxy) is 2. The normalized spacial score (nSPS) is 12.6. The number of phosphoric ester groups is 1. The molecule has 8 nitrogen and oxygen atoms in total. The number of hydrogen-bond donors (Lipinski definition) is 2. The van der Waals surface area contributed by atoms with Crippen LogP contribution in [0.1, 0.15) is 174 Å². The van der Waals surface area contributed by atoms with E-state index in [-0.39, 0.29) is 19.4 Å². The van der Waals surface area contributed by atoms with E-state index in [1.807, 2.05) is 0 Å². The minimum Gasteiger partial charge on any atom is -0.462 e. The lowest BCUT2D eigenvalue weighted by Gasteiger charge is -2.18. The molecule has 0 saturated heterocycles. The van der Waals surface area contributed by atoms with Crippen molar-refractivity contribution >= 4 is 19.8 Å². The van der Waals surface area contributed by atoms with E-state index in [0.717, 1.165) is 38.5 Å². The van der Waals surface area contributed by atoms with Gasteiger partial charge in [-0.15, -0.1) is 0 Å². The summed E-state index contributed by atoms with van der Waals surface area (Å²) in [4.78, 5) is 42.4. The molecule has 0 saturated carbocycles. The van der Waals surface area contributed by atoms with Crippen LogP contribution in [-0.4, -0.2) is 41.0 Å². The fraction of sp³-hybridized carbons (Fsp3) is 0.882. The lowest BCUT2D eigenvalue weighted by atomic mass is 10.1. The number of phosphoric acid groups is 1. The van der Waals surface area contributed by atoms with Crippen molar-refractivity contribution in [3.63, 3.8) is 0 Å². The van der Waals surface area contributed by atoms with Gasteiger partial charge < -0.3 is 19.3 Å². The highest BCUT2D eigenvalue weighted by atomic mass is 31.2. The number of esters is 2. The molecule has 0 spiro atoms. The third-order valence-electron chi connectivity index (χ3n) is 7.53. The van der Waals surface area contributed by atoms with E-state index in [1.54, 1.807) is 0 Å². The maximum absolute atomic E-state index is 12.2. The number of carbonyl (C=O) groups is 2. The number of carbonyl (C=O) groups excluding carboxylic acids is 2. The van der Waals surface area contributed by atoms with E-state index in [2.05, 4.69) is 30.5 Å². The van der Waals surface area contributed by atoms with Crippen molar-refractivity contribution < 1.29 is 37.9 Å². The highest BCUT2D eigenvalue weighted by Gasteiger charge is 2.22. The fourth-order valence-electron chi connectivity index (χ4n) is 4.90. The summed E-state index contributed by atoms with van der Waals surface area (Å²) in [5.41, 5.74) is 0. The van der Waals surface area contributed by atoms with E-state index in [9.17, 15) is 14.2 Å². The fourth-order valence-corrected chi connectivity index (χ4v) is 5.26. The first-order chi connectivity index (χ1) is 20.8. The van der Waals surface area contributed by atoms with Gasteiger partial charge in [0.05, 0.1) is 6.61 Å². The Bertz CT molecular complexity index is 721. The lowest BCUT2D eigenvalue weighted by Crippen LogP contribution is -2.29. The molecule has 1 atom stereocenters. The van der Waals surface area contributed by atoms with Gasteiger partial charge in [-0.2, -0.15) is 0 Å². The first kappa shape index (κ1) is 41.8. The molecular weight excluding hydrogens is 567 g/mol. The average molecular weight is 633 g/mol. The van der Waals surface area contributed by atoms with Crippen molar-refractivity contribution in [1.29, 1.82) is 0 Å². The monoisotopic (exact) mass is 632 g/mol. The smallest absolute Gasteiger partial charge is 0.462 e. The van der Waals surface area contributed by atoms with E-state index in [1.165, 1.54) is 103 Å². The zero-order valence-electron chi connectivity index (χ0n) is 27.6. The van der Waals surface area contributed by atoms with Gasteiger partial charge in [0.25, 0.3) is 0 Å². The molecule has 2 N–H and O–H groups in total. The van der Waals surface area contributed by atoms with Crippen LogP contribution in [0.4, 0.5) is 0 Å². The quantitative estimate of drug-likeness (QED) is 0.0325. The van der Waals surface area contributed by atoms with Crippen LogP contribution in [0.5, 0.6) is 0 Å². The van der Waals surface area contributed by atoms with Gasteiger partial charge in [0, 0.05) is 12.8 Å². The molecule has 0 radical (unpaired) electrons. The average Bonchev–Trinajstić information content (AvgIpc) is 2.97. The van der Waals surface area contributed by atoms with Crippen LogP contribution in [0, 0.1) is 0 Å². The summed E-state index contributed by atoms with van der Waals surface area (Å²) in [6.07, 6.45) is 30.9. The minimum absolute atomic E-state index is 0.214. The Hall–Kier alpha value is -1.21. The van der Waals surface area contributed by atoms with Crippen LogP contribution >= 0.6 is 7.82 Å². The molecule has 43 heavy (non-hydrogen) atoms. The van der Waals surface area contributed by atoms with Crippen molar-refractivity contribution in [2.75, 3.05) is 13.2 Å². The molecule has 9 heteroatoms. The largest absolute Gasteiger partial charge is 0.469 e. The van der Waals surface area contributed by atoms with Gasteiger partial charge in [-0.25, -0.2) is 4.57 Å². The molecule has 254 valence electrons. The maximum atomic E-state index is 12.2. The van der Waals surface area contributed by atoms with Gasteiger partial charge in [0.2, 0.25) is 0 Å². The van der Waals surface area contributed by atoms with Crippen LogP contribution in [-0.2, 0) is 28.2 Å². The minimum atomic E-state index is -4.74. The summed E-state index contributed by atoms with van der Waals surface area (Å²) < 4.78 is 26.2. The van der Waals surface area contributed by atoms with Crippen LogP contribution in [0.25, 0.3) is 0 Å². The zero-order chi connectivity index (χ0) is 31.9. The summed E-state index contributed by atoms with van der Waals surface area (Å²) in [6.45, 7) is 3.62. The van der Waals surface area contributed by atoms with E-state index >= 15 is 0 Å². The summed E-state index contributed by atoms with van der Waals surface area (Å²) in [5, 5.41) is 0. The predicted octanol–water partition coefficient (Wildman–Crippen LogP) is 9.90. The Labute approximate surface area is 263 Å². The van der Waals surface area contributed by atoms with Crippen molar-refractivity contribution in [1.82, 2.24) is 0 Å². The Kier molecular flexibility index (Phi) is 29.9. The molecule has 0 aliphatic heterocycles. The molecule has 0 aromatic rings. The van der Waals surface area contributed by atoms with Crippen LogP contribution in [0.15, 0.2) is 12.2 Å². The molecule has 0 heterocycles. The van der Waals surface area contributed by atoms with E-state index in [4.69, 9.17) is 19.3 Å². The first-order valence-corrected chi connectivity index (χ1v) is 19.0. The SMILES string of the molecule is CCCCCC/C=C/CCCCCCCCCCCC(=O)OC[C@H](COP(=O)(O)O)OC(=O)CCCCCCCCCC. The molecule has 0 unspecified atom stereocenters. The van der Waals surface area contributed by atoms with E-state index in [0.29, 0.717) is 6.42 Å². The number of unbranched alkanes of at least 4 members (excludes halogenated alkanes) is 20. The molecule has 0 aromatic heterocycles. The molecule has 0 aliphatic rings. The van der Waals surface area contributed by atoms with E-state index < -0.39 is 32.5 Å². The van der Waals surface area contributed by atoms with Crippen LogP contribution in [0.3, 0.4) is 0 Å². The standard InChI is InChI=1S/C34H65O8P/c1-3-5-7-9-11-13-14-15-16-17-18-19-20-21-23-24-26-28-33(35)40-30-32(31-41-43(37,38)39)42-34(36)29-27-25-22-12-10-8-6-4-2/h13-14,32H,3-12,15-31H2,1-2H3,(H2,37,38,39)/b14-13+/t32-/m1/s1. The summed E-state index contributed by atoms with van der Waals surface area (Å²) in [5.74, 6) is -0.887. The molecule has 0 fully saturated rings. The molecule has 0 amide bonds. The second-order valence-electron chi connectivity index (χ2n) is 11.8. The third kappa shape index (κ3) is 33.5. The maximum Gasteiger partial charge on any atom is 0.469 e. The predicted molar refractivity (Wildman–Crippen MR) is 175 cm³/mol. The second kappa shape index (κ2) is 30.8. The number of hydrogen-bond acceptors (Lipinski definition) is 6. The lowest BCUT2D eigenvalue weighted by molar-refractivity contribution is -0.161. The second-order valence-corrected chi connectivity index (χ2v) is 13.1. The first-order valence-electron chi connectivity index (χ1n) is 17.5. The van der Waals surface area contributed by atoms with Gasteiger partial charge in [0.1, 0.15) is 6.61 Å². The van der Waals surface area contributed by atoms with Gasteiger partial charge in [-0.1, -0.05) is 135 Å². The molecule has 0 aromatic carbocycles. The third-order valence-corrected chi connectivity index (χ3v) is 8.02. The van der Waals surface area contributed by atoms with Gasteiger partial charge in [0.15, 0.2) is 6.10 Å². The van der Waals surface area contributed by atoms with Gasteiger partial charge >= 0.3 is 19.8 Å². The zero-order valence-corrected chi connectivity index (χ0v) is 28.5. The van der Waals surface area contributed by atoms with Crippen LogP contribution < -0.4 is 0 Å². The Balaban J connectivity index is 3.90. The topological polar surface area (TPSA) is 119 Å². The molecule has 0 aliphatic carbocycles. The summed E-state index contributed by atoms with van der Waals surface area (Å²) in [7, 11) is -4.74. The van der Waals surface area contributed by atoms with Crippen molar-refractivity contribution in [3.8, 4) is 0 Å². The van der Waals surface area contributed by atoms with Gasteiger partial charge in [-0.05, 0) is 38.5 Å². The highest BCUT2D eigenvalue weighted by molar-refractivity contribution is 7.46. The summed E-state index contributed by atoms with van der Waals surface area (Å²) in [6, 6.07) is 0. The van der Waals surface area contributed by atoms with Crippen molar-refractivity contribution in [2.24, 2.45) is 0 Å². The highest BCUT2D eigenvalue weighted by Crippen LogP contribution is 2.36. The van der Waals surface area contributed by atoms with Crippen molar-refractivity contribution in [2.45, 2.75) is 180 Å². The number of allylic oxidation sites excluding steroid dienone is 2.